The minimum Gasteiger partial charge on any atom is -0.397 e. The van der Waals surface area contributed by atoms with Crippen molar-refractivity contribution in [2.45, 2.75) is 0 Å². The van der Waals surface area contributed by atoms with Crippen LogP contribution in [0.3, 0.4) is 0 Å². The lowest BCUT2D eigenvalue weighted by Crippen LogP contribution is -2.35. The number of benzene rings is 2. The molecule has 20 heavy (non-hydrogen) atoms. The molecule has 98 valence electrons. The first-order valence-corrected chi connectivity index (χ1v) is 6.15. The average Bonchev–Trinajstić information content (AvgIpc) is 2.46. The molecule has 1 aliphatic rings. The molecule has 1 heterocycles. The van der Waals surface area contributed by atoms with Gasteiger partial charge >= 0.3 is 0 Å². The predicted octanol–water partition coefficient (Wildman–Crippen LogP) is 2.23. The summed E-state index contributed by atoms with van der Waals surface area (Å²) in [5.41, 5.74) is 9.36. The number of fused-ring (bicyclic) bond motifs is 1. The summed E-state index contributed by atoms with van der Waals surface area (Å²) < 4.78 is 0. The van der Waals surface area contributed by atoms with Crippen LogP contribution in [0.25, 0.3) is 0 Å². The molecule has 5 heteroatoms. The predicted molar refractivity (Wildman–Crippen MR) is 77.6 cm³/mol. The van der Waals surface area contributed by atoms with Crippen LogP contribution in [0.5, 0.6) is 0 Å². The standard InChI is InChI=1S/C15H12N4O/c16-8-10-5-6-13(11(17)7-10)19-9-15(20)18-12-3-1-2-4-14(12)19/h1-7H,9,17H2,(H,18,20). The number of nitriles is 1. The third kappa shape index (κ3) is 1.93. The molecule has 0 bridgehead atoms. The van der Waals surface area contributed by atoms with Crippen LogP contribution in [0.4, 0.5) is 22.7 Å². The maximum atomic E-state index is 11.8. The van der Waals surface area contributed by atoms with Gasteiger partial charge in [-0.1, -0.05) is 12.1 Å². The second kappa shape index (κ2) is 4.59. The van der Waals surface area contributed by atoms with Gasteiger partial charge in [-0.05, 0) is 30.3 Å². The number of anilines is 4. The number of nitrogens with one attached hydrogen (secondary N) is 1. The third-order valence-electron chi connectivity index (χ3n) is 3.22. The summed E-state index contributed by atoms with van der Waals surface area (Å²) >= 11 is 0. The summed E-state index contributed by atoms with van der Waals surface area (Å²) in [5, 5.41) is 11.7. The lowest BCUT2D eigenvalue weighted by atomic mass is 10.1. The topological polar surface area (TPSA) is 82.2 Å². The van der Waals surface area contributed by atoms with E-state index in [9.17, 15) is 4.79 Å². The Hall–Kier alpha value is -3.00. The fourth-order valence-electron chi connectivity index (χ4n) is 2.32. The van der Waals surface area contributed by atoms with Crippen molar-refractivity contribution in [1.29, 1.82) is 5.26 Å². The number of nitrogens with two attached hydrogens (primary N) is 1. The Morgan fingerprint density at radius 1 is 1.20 bits per heavy atom. The summed E-state index contributed by atoms with van der Waals surface area (Å²) in [7, 11) is 0. The van der Waals surface area contributed by atoms with Crippen LogP contribution < -0.4 is 16.0 Å². The number of hydrogen-bond donors (Lipinski definition) is 2. The van der Waals surface area contributed by atoms with E-state index in [0.717, 1.165) is 17.1 Å². The van der Waals surface area contributed by atoms with E-state index in [1.165, 1.54) is 0 Å². The van der Waals surface area contributed by atoms with E-state index in [2.05, 4.69) is 5.32 Å². The van der Waals surface area contributed by atoms with Gasteiger partial charge < -0.3 is 16.0 Å². The molecule has 0 saturated carbocycles. The second-order valence-electron chi connectivity index (χ2n) is 4.54. The Morgan fingerprint density at radius 3 is 2.75 bits per heavy atom. The Labute approximate surface area is 116 Å². The lowest BCUT2D eigenvalue weighted by Gasteiger charge is -2.31. The zero-order chi connectivity index (χ0) is 14.1. The normalized spacial score (nSPS) is 13.3. The molecule has 0 unspecified atom stereocenters. The molecule has 3 N–H and O–H groups in total. The van der Waals surface area contributed by atoms with Gasteiger partial charge in [0.2, 0.25) is 5.91 Å². The molecule has 0 atom stereocenters. The summed E-state index contributed by atoms with van der Waals surface area (Å²) in [6.07, 6.45) is 0. The summed E-state index contributed by atoms with van der Waals surface area (Å²) in [6.45, 7) is 0.202. The highest BCUT2D eigenvalue weighted by atomic mass is 16.2. The molecule has 0 fully saturated rings. The first-order valence-electron chi connectivity index (χ1n) is 6.15. The maximum absolute atomic E-state index is 11.8. The first kappa shape index (κ1) is 12.1. The highest BCUT2D eigenvalue weighted by Gasteiger charge is 2.24. The number of nitrogens with zero attached hydrogens (tertiary/aromatic N) is 2. The van der Waals surface area contributed by atoms with Gasteiger partial charge in [-0.3, -0.25) is 4.79 Å². The molecule has 0 aliphatic carbocycles. The van der Waals surface area contributed by atoms with E-state index in [0.29, 0.717) is 11.3 Å². The van der Waals surface area contributed by atoms with Crippen molar-refractivity contribution in [1.82, 2.24) is 0 Å². The summed E-state index contributed by atoms with van der Waals surface area (Å²) in [4.78, 5) is 13.6. The quantitative estimate of drug-likeness (QED) is 0.774. The fourth-order valence-corrected chi connectivity index (χ4v) is 2.32. The fraction of sp³-hybridized carbons (Fsp3) is 0.0667. The van der Waals surface area contributed by atoms with E-state index < -0.39 is 0 Å². The van der Waals surface area contributed by atoms with Crippen molar-refractivity contribution in [3.63, 3.8) is 0 Å². The number of para-hydroxylation sites is 2. The van der Waals surface area contributed by atoms with Crippen LogP contribution in [0.15, 0.2) is 42.5 Å². The van der Waals surface area contributed by atoms with Crippen molar-refractivity contribution in [2.75, 3.05) is 22.5 Å². The van der Waals surface area contributed by atoms with Gasteiger partial charge in [-0.2, -0.15) is 5.26 Å². The van der Waals surface area contributed by atoms with Crippen molar-refractivity contribution < 1.29 is 4.79 Å². The van der Waals surface area contributed by atoms with Crippen LogP contribution in [0.1, 0.15) is 5.56 Å². The highest BCUT2D eigenvalue weighted by molar-refractivity contribution is 6.04. The maximum Gasteiger partial charge on any atom is 0.244 e. The molecule has 1 amide bonds. The average molecular weight is 264 g/mol. The molecule has 5 nitrogen and oxygen atoms in total. The molecule has 3 rings (SSSR count). The zero-order valence-electron chi connectivity index (χ0n) is 10.6. The molecule has 2 aromatic rings. The Balaban J connectivity index is 2.11. The van der Waals surface area contributed by atoms with E-state index in [4.69, 9.17) is 11.0 Å². The van der Waals surface area contributed by atoms with Crippen LogP contribution in [0, 0.1) is 11.3 Å². The van der Waals surface area contributed by atoms with Crippen molar-refractivity contribution in [3.05, 3.63) is 48.0 Å². The van der Waals surface area contributed by atoms with Crippen LogP contribution in [0.2, 0.25) is 0 Å². The number of amides is 1. The molecule has 0 saturated heterocycles. The molecule has 0 spiro atoms. The largest absolute Gasteiger partial charge is 0.397 e. The third-order valence-corrected chi connectivity index (χ3v) is 3.22. The molecule has 0 radical (unpaired) electrons. The number of carbonyl (C=O) groups excluding carboxylic acids is 1. The molecule has 0 aromatic heterocycles. The van der Waals surface area contributed by atoms with Crippen molar-refractivity contribution >= 4 is 28.7 Å². The van der Waals surface area contributed by atoms with E-state index in [1.807, 2.05) is 35.2 Å². The van der Waals surface area contributed by atoms with Crippen LogP contribution in [-0.2, 0) is 4.79 Å². The second-order valence-corrected chi connectivity index (χ2v) is 4.54. The van der Waals surface area contributed by atoms with Gasteiger partial charge in [0.1, 0.15) is 6.54 Å². The monoisotopic (exact) mass is 264 g/mol. The summed E-state index contributed by atoms with van der Waals surface area (Å²) in [6, 6.07) is 14.7. The number of rotatable bonds is 1. The van der Waals surface area contributed by atoms with Crippen molar-refractivity contribution in [2.24, 2.45) is 0 Å². The van der Waals surface area contributed by atoms with Gasteiger partial charge in [0, 0.05) is 0 Å². The van der Waals surface area contributed by atoms with Gasteiger partial charge in [0.15, 0.2) is 0 Å². The van der Waals surface area contributed by atoms with Gasteiger partial charge in [-0.15, -0.1) is 0 Å². The minimum atomic E-state index is -0.0903. The smallest absolute Gasteiger partial charge is 0.244 e. The van der Waals surface area contributed by atoms with E-state index >= 15 is 0 Å². The zero-order valence-corrected chi connectivity index (χ0v) is 10.6. The lowest BCUT2D eigenvalue weighted by molar-refractivity contribution is -0.115. The molecular formula is C15H12N4O. The van der Waals surface area contributed by atoms with Crippen LogP contribution >= 0.6 is 0 Å². The summed E-state index contributed by atoms with van der Waals surface area (Å²) in [5.74, 6) is -0.0903. The number of hydrogen-bond acceptors (Lipinski definition) is 4. The Bertz CT molecular complexity index is 733. The van der Waals surface area contributed by atoms with E-state index in [1.54, 1.807) is 18.2 Å². The van der Waals surface area contributed by atoms with E-state index in [-0.39, 0.29) is 12.5 Å². The van der Waals surface area contributed by atoms with Gasteiger partial charge in [0.05, 0.1) is 34.4 Å². The Kier molecular flexibility index (Phi) is 2.77. The van der Waals surface area contributed by atoms with Crippen LogP contribution in [-0.4, -0.2) is 12.5 Å². The van der Waals surface area contributed by atoms with Gasteiger partial charge in [0.25, 0.3) is 0 Å². The number of carbonyl (C=O) groups is 1. The minimum absolute atomic E-state index is 0.0903. The van der Waals surface area contributed by atoms with Crippen molar-refractivity contribution in [3.8, 4) is 6.07 Å². The Morgan fingerprint density at radius 2 is 2.00 bits per heavy atom. The molecule has 1 aliphatic heterocycles. The number of nitrogen functional groups attached to an aromatic ring is 1. The highest BCUT2D eigenvalue weighted by Crippen LogP contribution is 2.37. The van der Waals surface area contributed by atoms with Gasteiger partial charge in [-0.25, -0.2) is 0 Å². The molecule has 2 aromatic carbocycles. The molecular weight excluding hydrogens is 252 g/mol. The SMILES string of the molecule is N#Cc1ccc(N2CC(=O)Nc3ccccc32)c(N)c1. The first-order chi connectivity index (χ1) is 9.69.